The van der Waals surface area contributed by atoms with Gasteiger partial charge >= 0.3 is 6.09 Å². The van der Waals surface area contributed by atoms with Gasteiger partial charge in [0.15, 0.2) is 0 Å². The molecule has 0 spiro atoms. The zero-order valence-corrected chi connectivity index (χ0v) is 12.1. The average molecular weight is 266 g/mol. The van der Waals surface area contributed by atoms with Gasteiger partial charge in [-0.1, -0.05) is 6.07 Å². The minimum absolute atomic E-state index is 0.134. The number of amides is 1. The van der Waals surface area contributed by atoms with Crippen molar-refractivity contribution in [1.82, 2.24) is 0 Å². The topological polar surface area (TPSA) is 73.6 Å². The van der Waals surface area contributed by atoms with E-state index in [0.717, 1.165) is 5.56 Å². The molecule has 0 aliphatic heterocycles. The summed E-state index contributed by atoms with van der Waals surface area (Å²) in [4.78, 5) is 11.6. The second kappa shape index (κ2) is 5.93. The predicted octanol–water partition coefficient (Wildman–Crippen LogP) is 3.06. The lowest BCUT2D eigenvalue weighted by atomic mass is 10.1. The molecule has 1 amide bonds. The van der Waals surface area contributed by atoms with Gasteiger partial charge in [-0.25, -0.2) is 4.79 Å². The van der Waals surface area contributed by atoms with Crippen molar-refractivity contribution in [3.63, 3.8) is 0 Å². The Labute approximate surface area is 114 Å². The quantitative estimate of drug-likeness (QED) is 0.881. The van der Waals surface area contributed by atoms with Crippen molar-refractivity contribution in [2.75, 3.05) is 12.4 Å². The summed E-state index contributed by atoms with van der Waals surface area (Å²) in [7, 11) is 1.57. The fourth-order valence-corrected chi connectivity index (χ4v) is 1.59. The number of nitrogens with one attached hydrogen (secondary N) is 1. The normalized spacial score (nSPS) is 12.7. The first-order valence-electron chi connectivity index (χ1n) is 6.16. The molecule has 0 radical (unpaired) electrons. The van der Waals surface area contributed by atoms with Crippen molar-refractivity contribution in [1.29, 1.82) is 0 Å². The fourth-order valence-electron chi connectivity index (χ4n) is 1.59. The molecule has 0 heterocycles. The van der Waals surface area contributed by atoms with Crippen molar-refractivity contribution in [3.05, 3.63) is 23.8 Å². The Balaban J connectivity index is 2.83. The predicted molar refractivity (Wildman–Crippen MR) is 75.5 cm³/mol. The first-order chi connectivity index (χ1) is 8.73. The molecule has 1 aromatic carbocycles. The first-order valence-corrected chi connectivity index (χ1v) is 6.16. The molecule has 0 aliphatic rings. The third-order valence-electron chi connectivity index (χ3n) is 2.37. The van der Waals surface area contributed by atoms with Gasteiger partial charge in [0.05, 0.1) is 7.11 Å². The fraction of sp³-hybridized carbons (Fsp3) is 0.500. The summed E-state index contributed by atoms with van der Waals surface area (Å²) in [5.74, 6) is 0.642. The molecule has 1 rings (SSSR count). The van der Waals surface area contributed by atoms with Crippen LogP contribution in [-0.2, 0) is 4.74 Å². The number of carbonyl (C=O) groups excluding carboxylic acids is 1. The van der Waals surface area contributed by atoms with Gasteiger partial charge in [0.1, 0.15) is 11.4 Å². The smallest absolute Gasteiger partial charge is 0.412 e. The minimum atomic E-state index is -0.528. The molecule has 106 valence electrons. The van der Waals surface area contributed by atoms with Gasteiger partial charge in [-0.3, -0.25) is 5.32 Å². The first kappa shape index (κ1) is 15.3. The standard InChI is InChI=1S/C14H22N2O3/c1-9(15)11-7-6-10(8-12(11)18-5)16-13(17)19-14(2,3)4/h6-9H,15H2,1-5H3,(H,16,17)/t9-/m0/s1. The van der Waals surface area contributed by atoms with Crippen LogP contribution in [0.1, 0.15) is 39.3 Å². The van der Waals surface area contributed by atoms with Crippen LogP contribution in [0.15, 0.2) is 18.2 Å². The highest BCUT2D eigenvalue weighted by molar-refractivity contribution is 5.85. The second-order valence-corrected chi connectivity index (χ2v) is 5.37. The number of hydrogen-bond acceptors (Lipinski definition) is 4. The van der Waals surface area contributed by atoms with Gasteiger partial charge in [-0.15, -0.1) is 0 Å². The number of hydrogen-bond donors (Lipinski definition) is 2. The lowest BCUT2D eigenvalue weighted by Gasteiger charge is -2.20. The van der Waals surface area contributed by atoms with E-state index in [4.69, 9.17) is 15.2 Å². The van der Waals surface area contributed by atoms with Crippen molar-refractivity contribution >= 4 is 11.8 Å². The summed E-state index contributed by atoms with van der Waals surface area (Å²) < 4.78 is 10.4. The van der Waals surface area contributed by atoms with Gasteiger partial charge in [0, 0.05) is 23.4 Å². The van der Waals surface area contributed by atoms with E-state index in [1.165, 1.54) is 0 Å². The summed E-state index contributed by atoms with van der Waals surface area (Å²) in [6.07, 6.45) is -0.497. The Morgan fingerprint density at radius 3 is 2.47 bits per heavy atom. The summed E-state index contributed by atoms with van der Waals surface area (Å²) in [5.41, 5.74) is 6.80. The maximum Gasteiger partial charge on any atom is 0.412 e. The number of ether oxygens (including phenoxy) is 2. The average Bonchev–Trinajstić information content (AvgIpc) is 2.25. The van der Waals surface area contributed by atoms with E-state index in [0.29, 0.717) is 11.4 Å². The number of benzene rings is 1. The monoisotopic (exact) mass is 266 g/mol. The summed E-state index contributed by atoms with van der Waals surface area (Å²) in [6, 6.07) is 5.19. The van der Waals surface area contributed by atoms with Crippen molar-refractivity contribution < 1.29 is 14.3 Å². The van der Waals surface area contributed by atoms with Crippen LogP contribution in [0.5, 0.6) is 5.75 Å². The van der Waals surface area contributed by atoms with Crippen LogP contribution in [0.4, 0.5) is 10.5 Å². The van der Waals surface area contributed by atoms with Crippen LogP contribution < -0.4 is 15.8 Å². The van der Waals surface area contributed by atoms with E-state index in [2.05, 4.69) is 5.32 Å². The van der Waals surface area contributed by atoms with E-state index >= 15 is 0 Å². The number of methoxy groups -OCH3 is 1. The van der Waals surface area contributed by atoms with E-state index in [1.807, 2.05) is 33.8 Å². The highest BCUT2D eigenvalue weighted by Crippen LogP contribution is 2.27. The Hall–Kier alpha value is -1.75. The Morgan fingerprint density at radius 2 is 2.00 bits per heavy atom. The Bertz CT molecular complexity index is 450. The molecule has 0 unspecified atom stereocenters. The van der Waals surface area contributed by atoms with Crippen LogP contribution in [0.2, 0.25) is 0 Å². The molecule has 0 aromatic heterocycles. The lowest BCUT2D eigenvalue weighted by Crippen LogP contribution is -2.27. The van der Waals surface area contributed by atoms with Crippen LogP contribution in [0.3, 0.4) is 0 Å². The van der Waals surface area contributed by atoms with E-state index in [1.54, 1.807) is 19.2 Å². The number of anilines is 1. The van der Waals surface area contributed by atoms with Crippen LogP contribution in [0.25, 0.3) is 0 Å². The molecule has 5 nitrogen and oxygen atoms in total. The van der Waals surface area contributed by atoms with Crippen molar-refractivity contribution in [2.45, 2.75) is 39.3 Å². The van der Waals surface area contributed by atoms with Gasteiger partial charge in [-0.05, 0) is 33.8 Å². The number of carbonyl (C=O) groups is 1. The Kier molecular flexibility index (Phi) is 4.78. The second-order valence-electron chi connectivity index (χ2n) is 5.37. The van der Waals surface area contributed by atoms with E-state index < -0.39 is 11.7 Å². The van der Waals surface area contributed by atoms with Crippen LogP contribution in [-0.4, -0.2) is 18.8 Å². The maximum absolute atomic E-state index is 11.6. The highest BCUT2D eigenvalue weighted by Gasteiger charge is 2.17. The molecule has 5 heteroatoms. The van der Waals surface area contributed by atoms with E-state index in [9.17, 15) is 4.79 Å². The largest absolute Gasteiger partial charge is 0.496 e. The molecule has 0 saturated carbocycles. The molecule has 0 saturated heterocycles. The summed E-state index contributed by atoms with van der Waals surface area (Å²) in [6.45, 7) is 7.31. The molecule has 0 aliphatic carbocycles. The maximum atomic E-state index is 11.6. The van der Waals surface area contributed by atoms with Gasteiger partial charge < -0.3 is 15.2 Å². The highest BCUT2D eigenvalue weighted by atomic mass is 16.6. The van der Waals surface area contributed by atoms with Crippen molar-refractivity contribution in [2.24, 2.45) is 5.73 Å². The lowest BCUT2D eigenvalue weighted by molar-refractivity contribution is 0.0636. The molecule has 1 atom stereocenters. The summed E-state index contributed by atoms with van der Waals surface area (Å²) in [5, 5.41) is 2.66. The third-order valence-corrected chi connectivity index (χ3v) is 2.37. The van der Waals surface area contributed by atoms with Gasteiger partial charge in [-0.2, -0.15) is 0 Å². The summed E-state index contributed by atoms with van der Waals surface area (Å²) >= 11 is 0. The molecule has 0 fully saturated rings. The zero-order chi connectivity index (χ0) is 14.6. The van der Waals surface area contributed by atoms with E-state index in [-0.39, 0.29) is 6.04 Å². The van der Waals surface area contributed by atoms with Gasteiger partial charge in [0.2, 0.25) is 0 Å². The molecule has 0 bridgehead atoms. The number of rotatable bonds is 3. The number of nitrogens with two attached hydrogens (primary N) is 1. The third kappa shape index (κ3) is 4.79. The minimum Gasteiger partial charge on any atom is -0.496 e. The Morgan fingerprint density at radius 1 is 1.37 bits per heavy atom. The molecular formula is C14H22N2O3. The van der Waals surface area contributed by atoms with Crippen LogP contribution in [0, 0.1) is 0 Å². The molecule has 1 aromatic rings. The molecule has 19 heavy (non-hydrogen) atoms. The molecular weight excluding hydrogens is 244 g/mol. The van der Waals surface area contributed by atoms with Crippen LogP contribution >= 0.6 is 0 Å². The van der Waals surface area contributed by atoms with Crippen molar-refractivity contribution in [3.8, 4) is 5.75 Å². The zero-order valence-electron chi connectivity index (χ0n) is 12.1. The molecule has 3 N–H and O–H groups in total. The SMILES string of the molecule is COc1cc(NC(=O)OC(C)(C)C)ccc1[C@H](C)N. The van der Waals surface area contributed by atoms with Gasteiger partial charge in [0.25, 0.3) is 0 Å².